The van der Waals surface area contributed by atoms with E-state index in [2.05, 4.69) is 34.3 Å². The molecule has 0 aliphatic heterocycles. The molecule has 0 amide bonds. The Morgan fingerprint density at radius 1 is 1.40 bits per heavy atom. The first kappa shape index (κ1) is 13.2. The highest BCUT2D eigenvalue weighted by Crippen LogP contribution is 2.31. The van der Waals surface area contributed by atoms with Crippen LogP contribution in [0.15, 0.2) is 18.6 Å². The van der Waals surface area contributed by atoms with Crippen LogP contribution in [0.5, 0.6) is 0 Å². The maximum absolute atomic E-state index is 5.52. The molecule has 1 saturated carbocycles. The van der Waals surface area contributed by atoms with Gasteiger partial charge in [0, 0.05) is 25.5 Å². The second kappa shape index (κ2) is 5.28. The monoisotopic (exact) mass is 274 g/mol. The first-order chi connectivity index (χ1) is 9.70. The van der Waals surface area contributed by atoms with E-state index in [0.29, 0.717) is 17.8 Å². The number of nitrogens with one attached hydrogen (secondary N) is 1. The molecule has 2 unspecified atom stereocenters. The maximum atomic E-state index is 5.52. The molecule has 2 aromatic heterocycles. The quantitative estimate of drug-likeness (QED) is 0.662. The highest BCUT2D eigenvalue weighted by molar-refractivity contribution is 5.66. The summed E-state index contributed by atoms with van der Waals surface area (Å²) < 4.78 is 1.96. The first-order valence-electron chi connectivity index (χ1n) is 7.24. The Morgan fingerprint density at radius 2 is 2.20 bits per heavy atom. The average Bonchev–Trinajstić information content (AvgIpc) is 2.94. The summed E-state index contributed by atoms with van der Waals surface area (Å²) in [5.74, 6) is 7.75. The largest absolute Gasteiger partial charge is 0.353 e. The molecule has 0 aromatic carbocycles. The van der Waals surface area contributed by atoms with Crippen molar-refractivity contribution in [1.29, 1.82) is 0 Å². The molecular formula is C14H22N6. The van der Waals surface area contributed by atoms with E-state index in [4.69, 9.17) is 5.84 Å². The SMILES string of the molecule is CC1CCCCC1N(C)c1nc(NN)cn2ccnc12. The lowest BCUT2D eigenvalue weighted by atomic mass is 9.85. The third-order valence-electron chi connectivity index (χ3n) is 4.40. The molecule has 0 radical (unpaired) electrons. The molecule has 2 heterocycles. The molecule has 20 heavy (non-hydrogen) atoms. The molecule has 6 heteroatoms. The van der Waals surface area contributed by atoms with Gasteiger partial charge in [0.15, 0.2) is 17.3 Å². The Kier molecular flexibility index (Phi) is 3.48. The Morgan fingerprint density at radius 3 is 2.95 bits per heavy atom. The van der Waals surface area contributed by atoms with Gasteiger partial charge in [-0.2, -0.15) is 0 Å². The van der Waals surface area contributed by atoms with Crippen molar-refractivity contribution in [2.24, 2.45) is 11.8 Å². The number of hydrogen-bond acceptors (Lipinski definition) is 5. The van der Waals surface area contributed by atoms with E-state index >= 15 is 0 Å². The number of fused-ring (bicyclic) bond motifs is 1. The van der Waals surface area contributed by atoms with Crippen LogP contribution in [0.4, 0.5) is 11.6 Å². The molecule has 3 rings (SSSR count). The molecule has 1 fully saturated rings. The molecular weight excluding hydrogens is 252 g/mol. The number of nitrogens with zero attached hydrogens (tertiary/aromatic N) is 4. The molecule has 1 aliphatic rings. The van der Waals surface area contributed by atoms with E-state index in [0.717, 1.165) is 11.5 Å². The summed E-state index contributed by atoms with van der Waals surface area (Å²) in [5.41, 5.74) is 3.51. The standard InChI is InChI=1S/C14H22N6/c1-10-5-3-4-6-11(10)19(2)14-13-16-7-8-20(13)9-12(17-14)18-15/h7-11,18H,3-6,15H2,1-2H3. The molecule has 2 aromatic rings. The lowest BCUT2D eigenvalue weighted by Crippen LogP contribution is -2.39. The Labute approximate surface area is 119 Å². The van der Waals surface area contributed by atoms with Crippen LogP contribution in [0.3, 0.4) is 0 Å². The number of rotatable bonds is 3. The summed E-state index contributed by atoms with van der Waals surface area (Å²) in [4.78, 5) is 11.3. The van der Waals surface area contributed by atoms with Crippen molar-refractivity contribution in [1.82, 2.24) is 14.4 Å². The predicted octanol–water partition coefficient (Wildman–Crippen LogP) is 2.03. The normalized spacial score (nSPS) is 22.9. The average molecular weight is 274 g/mol. The number of nitrogens with two attached hydrogens (primary N) is 1. The molecule has 2 atom stereocenters. The zero-order valence-corrected chi connectivity index (χ0v) is 12.1. The smallest absolute Gasteiger partial charge is 0.180 e. The van der Waals surface area contributed by atoms with E-state index in [-0.39, 0.29) is 0 Å². The Hall–Kier alpha value is -1.82. The van der Waals surface area contributed by atoms with Crippen molar-refractivity contribution in [2.75, 3.05) is 17.4 Å². The molecule has 0 spiro atoms. The third-order valence-corrected chi connectivity index (χ3v) is 4.40. The summed E-state index contributed by atoms with van der Waals surface area (Å²) in [7, 11) is 2.11. The van der Waals surface area contributed by atoms with Crippen LogP contribution in [0.25, 0.3) is 5.65 Å². The number of imidazole rings is 1. The highest BCUT2D eigenvalue weighted by atomic mass is 15.3. The van der Waals surface area contributed by atoms with Crippen LogP contribution in [0, 0.1) is 5.92 Å². The Balaban J connectivity index is 2.01. The summed E-state index contributed by atoms with van der Waals surface area (Å²) >= 11 is 0. The fraction of sp³-hybridized carbons (Fsp3) is 0.571. The topological polar surface area (TPSA) is 71.5 Å². The predicted molar refractivity (Wildman–Crippen MR) is 80.6 cm³/mol. The van der Waals surface area contributed by atoms with Crippen LogP contribution in [0.2, 0.25) is 0 Å². The number of anilines is 2. The van der Waals surface area contributed by atoms with Crippen LogP contribution in [-0.4, -0.2) is 27.5 Å². The zero-order chi connectivity index (χ0) is 14.1. The van der Waals surface area contributed by atoms with Gasteiger partial charge < -0.3 is 14.7 Å². The Bertz CT molecular complexity index is 592. The third kappa shape index (κ3) is 2.20. The van der Waals surface area contributed by atoms with Crippen LogP contribution >= 0.6 is 0 Å². The minimum Gasteiger partial charge on any atom is -0.353 e. The number of hydrazine groups is 1. The summed E-state index contributed by atoms with van der Waals surface area (Å²) in [6, 6.07) is 0.518. The fourth-order valence-corrected chi connectivity index (χ4v) is 3.25. The lowest BCUT2D eigenvalue weighted by molar-refractivity contribution is 0.321. The minimum atomic E-state index is 0.518. The van der Waals surface area contributed by atoms with Crippen molar-refractivity contribution in [3.63, 3.8) is 0 Å². The summed E-state index contributed by atoms with van der Waals surface area (Å²) in [6.07, 6.45) is 10.7. The maximum Gasteiger partial charge on any atom is 0.180 e. The molecule has 1 aliphatic carbocycles. The fourth-order valence-electron chi connectivity index (χ4n) is 3.25. The van der Waals surface area contributed by atoms with Gasteiger partial charge in [0.1, 0.15) is 0 Å². The van der Waals surface area contributed by atoms with Crippen LogP contribution in [0.1, 0.15) is 32.6 Å². The first-order valence-corrected chi connectivity index (χ1v) is 7.24. The van der Waals surface area contributed by atoms with Gasteiger partial charge in [-0.05, 0) is 18.8 Å². The van der Waals surface area contributed by atoms with Gasteiger partial charge in [-0.25, -0.2) is 15.8 Å². The second-order valence-electron chi connectivity index (χ2n) is 5.69. The van der Waals surface area contributed by atoms with E-state index < -0.39 is 0 Å². The zero-order valence-electron chi connectivity index (χ0n) is 12.1. The van der Waals surface area contributed by atoms with Crippen LogP contribution < -0.4 is 16.2 Å². The molecule has 0 saturated heterocycles. The highest BCUT2D eigenvalue weighted by Gasteiger charge is 2.27. The molecule has 0 bridgehead atoms. The molecule has 3 N–H and O–H groups in total. The molecule has 6 nitrogen and oxygen atoms in total. The van der Waals surface area contributed by atoms with Crippen molar-refractivity contribution >= 4 is 17.3 Å². The number of aromatic nitrogens is 3. The van der Waals surface area contributed by atoms with Crippen molar-refractivity contribution in [3.8, 4) is 0 Å². The van der Waals surface area contributed by atoms with Crippen molar-refractivity contribution in [2.45, 2.75) is 38.6 Å². The minimum absolute atomic E-state index is 0.518. The number of hydrogen-bond donors (Lipinski definition) is 2. The van der Waals surface area contributed by atoms with E-state index in [1.54, 1.807) is 6.20 Å². The van der Waals surface area contributed by atoms with Crippen LogP contribution in [-0.2, 0) is 0 Å². The van der Waals surface area contributed by atoms with Crippen molar-refractivity contribution in [3.05, 3.63) is 18.6 Å². The molecule has 108 valence electrons. The van der Waals surface area contributed by atoms with E-state index in [1.165, 1.54) is 25.7 Å². The summed E-state index contributed by atoms with van der Waals surface area (Å²) in [5, 5.41) is 0. The van der Waals surface area contributed by atoms with Gasteiger partial charge in [0.25, 0.3) is 0 Å². The van der Waals surface area contributed by atoms with Gasteiger partial charge >= 0.3 is 0 Å². The summed E-state index contributed by atoms with van der Waals surface area (Å²) in [6.45, 7) is 2.33. The lowest BCUT2D eigenvalue weighted by Gasteiger charge is -2.37. The van der Waals surface area contributed by atoms with Gasteiger partial charge in [0.05, 0.1) is 6.20 Å². The second-order valence-corrected chi connectivity index (χ2v) is 5.69. The van der Waals surface area contributed by atoms with E-state index in [1.807, 2.05) is 16.8 Å². The van der Waals surface area contributed by atoms with E-state index in [9.17, 15) is 0 Å². The van der Waals surface area contributed by atoms with Gasteiger partial charge in [0.2, 0.25) is 0 Å². The van der Waals surface area contributed by atoms with Gasteiger partial charge in [-0.15, -0.1) is 0 Å². The van der Waals surface area contributed by atoms with Crippen molar-refractivity contribution < 1.29 is 0 Å². The number of nitrogen functional groups attached to an aromatic ring is 1. The van der Waals surface area contributed by atoms with Gasteiger partial charge in [-0.3, -0.25) is 0 Å². The van der Waals surface area contributed by atoms with Gasteiger partial charge in [-0.1, -0.05) is 19.8 Å².